The Morgan fingerprint density at radius 1 is 0.815 bits per heavy atom. The van der Waals surface area contributed by atoms with E-state index in [2.05, 4.69) is 10.6 Å². The van der Waals surface area contributed by atoms with Crippen LogP contribution in [0, 0.1) is 6.92 Å². The lowest BCUT2D eigenvalue weighted by Gasteiger charge is -2.18. The molecule has 0 saturated heterocycles. The van der Waals surface area contributed by atoms with Crippen molar-refractivity contribution < 1.29 is 24.9 Å². The van der Waals surface area contributed by atoms with Gasteiger partial charge in [0.25, 0.3) is 0 Å². The fraction of sp³-hybridized carbons (Fsp3) is 0.300. The molecule has 0 aliphatic heterocycles. The molecule has 0 bridgehead atoms. The average molecular weight is 374 g/mol. The van der Waals surface area contributed by atoms with Crippen molar-refractivity contribution in [2.24, 2.45) is 0 Å². The normalized spacial score (nSPS) is 12.6. The maximum atomic E-state index is 11.5. The number of phenolic OH excluding ortho intramolecular Hbond substituents is 1. The molecule has 2 aromatic rings. The maximum absolute atomic E-state index is 11.5. The van der Waals surface area contributed by atoms with Gasteiger partial charge in [-0.15, -0.1) is 0 Å². The highest BCUT2D eigenvalue weighted by molar-refractivity contribution is 5.76. The number of carbonyl (C=O) groups is 2. The van der Waals surface area contributed by atoms with Crippen LogP contribution in [-0.2, 0) is 9.59 Å². The Morgan fingerprint density at radius 2 is 1.19 bits per heavy atom. The van der Waals surface area contributed by atoms with Crippen LogP contribution in [0.4, 0.5) is 0 Å². The van der Waals surface area contributed by atoms with Gasteiger partial charge in [0, 0.05) is 13.1 Å². The topological polar surface area (TPSA) is 119 Å². The highest BCUT2D eigenvalue weighted by Gasteiger charge is 2.21. The van der Waals surface area contributed by atoms with Crippen molar-refractivity contribution in [2.75, 3.05) is 13.1 Å². The van der Waals surface area contributed by atoms with Gasteiger partial charge in [0.15, 0.2) is 0 Å². The molecule has 2 atom stereocenters. The predicted octanol–water partition coefficient (Wildman–Crippen LogP) is 2.47. The van der Waals surface area contributed by atoms with Gasteiger partial charge in [-0.3, -0.25) is 20.2 Å². The maximum Gasteiger partial charge on any atom is 0.325 e. The Bertz CT molecular complexity index is 678. The summed E-state index contributed by atoms with van der Waals surface area (Å²) in [4.78, 5) is 22.9. The smallest absolute Gasteiger partial charge is 0.325 e. The SMILES string of the molecule is C.Cc1ccc(C(NCCNC(C(=O)O)c2ccc(O)cc2)C(=O)O)cc1. The molecule has 2 aromatic carbocycles. The number of aryl methyl sites for hydroxylation is 1. The molecule has 0 aliphatic rings. The number of hydrogen-bond donors (Lipinski definition) is 5. The summed E-state index contributed by atoms with van der Waals surface area (Å²) in [5, 5.41) is 33.8. The van der Waals surface area contributed by atoms with Crippen molar-refractivity contribution in [2.45, 2.75) is 26.4 Å². The van der Waals surface area contributed by atoms with E-state index in [-0.39, 0.29) is 26.3 Å². The van der Waals surface area contributed by atoms with E-state index in [4.69, 9.17) is 0 Å². The largest absolute Gasteiger partial charge is 0.508 e. The summed E-state index contributed by atoms with van der Waals surface area (Å²) in [7, 11) is 0. The molecule has 0 heterocycles. The van der Waals surface area contributed by atoms with Gasteiger partial charge < -0.3 is 15.3 Å². The summed E-state index contributed by atoms with van der Waals surface area (Å²) in [6.45, 7) is 2.45. The number of aliphatic carboxylic acids is 2. The number of rotatable bonds is 9. The number of aromatic hydroxyl groups is 1. The van der Waals surface area contributed by atoms with E-state index in [1.807, 2.05) is 19.1 Å². The molecule has 0 radical (unpaired) electrons. The predicted molar refractivity (Wildman–Crippen MR) is 103 cm³/mol. The Labute approximate surface area is 158 Å². The third-order valence-corrected chi connectivity index (χ3v) is 3.95. The van der Waals surface area contributed by atoms with Crippen molar-refractivity contribution >= 4 is 11.9 Å². The molecule has 2 unspecified atom stereocenters. The molecule has 0 aromatic heterocycles. The molecule has 5 N–H and O–H groups in total. The van der Waals surface area contributed by atoms with Crippen LogP contribution in [0.3, 0.4) is 0 Å². The van der Waals surface area contributed by atoms with Crippen LogP contribution in [0.25, 0.3) is 0 Å². The van der Waals surface area contributed by atoms with Gasteiger partial charge >= 0.3 is 11.9 Å². The Kier molecular flexibility index (Phi) is 8.44. The number of carboxylic acid groups (broad SMARTS) is 2. The minimum absolute atomic E-state index is 0. The molecule has 7 heteroatoms. The summed E-state index contributed by atoms with van der Waals surface area (Å²) in [6, 6.07) is 11.3. The van der Waals surface area contributed by atoms with E-state index in [0.717, 1.165) is 5.56 Å². The van der Waals surface area contributed by atoms with Crippen LogP contribution in [-0.4, -0.2) is 40.3 Å². The van der Waals surface area contributed by atoms with Crippen molar-refractivity contribution in [1.29, 1.82) is 0 Å². The zero-order valence-corrected chi connectivity index (χ0v) is 14.3. The quantitative estimate of drug-likeness (QED) is 0.428. The van der Waals surface area contributed by atoms with Gasteiger partial charge in [-0.2, -0.15) is 0 Å². The van der Waals surface area contributed by atoms with Gasteiger partial charge in [0.1, 0.15) is 17.8 Å². The average Bonchev–Trinajstić information content (AvgIpc) is 2.60. The first-order chi connectivity index (χ1) is 12.4. The minimum Gasteiger partial charge on any atom is -0.508 e. The Hall–Kier alpha value is -2.90. The van der Waals surface area contributed by atoms with Gasteiger partial charge in [-0.05, 0) is 30.2 Å². The molecule has 0 spiro atoms. The second-order valence-corrected chi connectivity index (χ2v) is 5.95. The van der Waals surface area contributed by atoms with E-state index in [1.54, 1.807) is 12.1 Å². The molecule has 7 nitrogen and oxygen atoms in total. The second-order valence-electron chi connectivity index (χ2n) is 5.95. The fourth-order valence-corrected chi connectivity index (χ4v) is 2.55. The van der Waals surface area contributed by atoms with E-state index >= 15 is 0 Å². The number of phenols is 1. The Morgan fingerprint density at radius 3 is 1.56 bits per heavy atom. The van der Waals surface area contributed by atoms with Gasteiger partial charge in [0.05, 0.1) is 0 Å². The number of carboxylic acids is 2. The van der Waals surface area contributed by atoms with E-state index in [9.17, 15) is 24.9 Å². The van der Waals surface area contributed by atoms with Crippen molar-refractivity contribution in [3.63, 3.8) is 0 Å². The lowest BCUT2D eigenvalue weighted by atomic mass is 10.1. The zero-order valence-electron chi connectivity index (χ0n) is 14.3. The zero-order chi connectivity index (χ0) is 19.1. The molecule has 0 fully saturated rings. The first-order valence-electron chi connectivity index (χ1n) is 8.16. The lowest BCUT2D eigenvalue weighted by molar-refractivity contribution is -0.141. The fourth-order valence-electron chi connectivity index (χ4n) is 2.55. The van der Waals surface area contributed by atoms with Crippen molar-refractivity contribution in [3.8, 4) is 5.75 Å². The van der Waals surface area contributed by atoms with Crippen LogP contribution in [0.2, 0.25) is 0 Å². The standard InChI is InChI=1S/C19H22N2O5.CH4/c1-12-2-4-13(5-3-12)16(18(23)24)20-10-11-21-17(19(25)26)14-6-8-15(22)9-7-14;/h2-9,16-17,20-22H,10-11H2,1H3,(H,23,24)(H,25,26);1H4. The molecule has 2 rings (SSSR count). The monoisotopic (exact) mass is 374 g/mol. The highest BCUT2D eigenvalue weighted by Crippen LogP contribution is 2.17. The first kappa shape index (κ1) is 22.1. The van der Waals surface area contributed by atoms with Crippen LogP contribution < -0.4 is 10.6 Å². The molecule has 0 saturated carbocycles. The summed E-state index contributed by atoms with van der Waals surface area (Å²) >= 11 is 0. The molecular formula is C20H26N2O5. The lowest BCUT2D eigenvalue weighted by Crippen LogP contribution is -2.37. The minimum atomic E-state index is -1.05. The summed E-state index contributed by atoms with van der Waals surface area (Å²) in [6.07, 6.45) is 0. The summed E-state index contributed by atoms with van der Waals surface area (Å²) < 4.78 is 0. The number of nitrogens with one attached hydrogen (secondary N) is 2. The van der Waals surface area contributed by atoms with E-state index in [0.29, 0.717) is 11.1 Å². The van der Waals surface area contributed by atoms with Crippen LogP contribution in [0.5, 0.6) is 5.75 Å². The van der Waals surface area contributed by atoms with E-state index in [1.165, 1.54) is 24.3 Å². The second kappa shape index (κ2) is 10.3. The van der Waals surface area contributed by atoms with E-state index < -0.39 is 24.0 Å². The third-order valence-electron chi connectivity index (χ3n) is 3.95. The third kappa shape index (κ3) is 6.40. The Balaban J connectivity index is 0.00000364. The van der Waals surface area contributed by atoms with Crippen LogP contribution >= 0.6 is 0 Å². The summed E-state index contributed by atoms with van der Waals surface area (Å²) in [5.74, 6) is -1.99. The van der Waals surface area contributed by atoms with Crippen LogP contribution in [0.1, 0.15) is 36.2 Å². The molecule has 0 amide bonds. The molecule has 27 heavy (non-hydrogen) atoms. The molecule has 0 aliphatic carbocycles. The van der Waals surface area contributed by atoms with Crippen molar-refractivity contribution in [3.05, 3.63) is 65.2 Å². The molecule has 146 valence electrons. The van der Waals surface area contributed by atoms with Crippen LogP contribution in [0.15, 0.2) is 48.5 Å². The summed E-state index contributed by atoms with van der Waals surface area (Å²) in [5.41, 5.74) is 2.18. The van der Waals surface area contributed by atoms with Gasteiger partial charge in [-0.25, -0.2) is 0 Å². The highest BCUT2D eigenvalue weighted by atomic mass is 16.4. The van der Waals surface area contributed by atoms with Gasteiger partial charge in [0.2, 0.25) is 0 Å². The first-order valence-corrected chi connectivity index (χ1v) is 8.16. The number of benzene rings is 2. The molecular weight excluding hydrogens is 348 g/mol. The van der Waals surface area contributed by atoms with Gasteiger partial charge in [-0.1, -0.05) is 49.4 Å². The van der Waals surface area contributed by atoms with Crippen molar-refractivity contribution in [1.82, 2.24) is 10.6 Å². The number of hydrogen-bond acceptors (Lipinski definition) is 5.